The van der Waals surface area contributed by atoms with E-state index in [9.17, 15) is 0 Å². The van der Waals surface area contributed by atoms with Gasteiger partial charge in [0.15, 0.2) is 0 Å². The number of nitrogens with zero attached hydrogens (tertiary/aromatic N) is 2. The summed E-state index contributed by atoms with van der Waals surface area (Å²) in [4.78, 5) is 0. The molecule has 266 valence electrons. The number of hydrogen-bond acceptors (Lipinski definition) is 0. The molecular weight excluding hydrogens is 677 g/mol. The van der Waals surface area contributed by atoms with Gasteiger partial charge < -0.3 is 9.13 Å². The lowest BCUT2D eigenvalue weighted by Gasteiger charge is -2.25. The van der Waals surface area contributed by atoms with Crippen molar-refractivity contribution in [1.29, 1.82) is 0 Å². The van der Waals surface area contributed by atoms with Gasteiger partial charge in [-0.3, -0.25) is 0 Å². The van der Waals surface area contributed by atoms with Crippen LogP contribution in [0.5, 0.6) is 0 Å². The normalized spacial score (nSPS) is 15.7. The van der Waals surface area contributed by atoms with E-state index in [4.69, 9.17) is 0 Å². The third-order valence-corrected chi connectivity index (χ3v) is 11.9. The highest BCUT2D eigenvalue weighted by atomic mass is 15.0. The van der Waals surface area contributed by atoms with Crippen LogP contribution in [0.3, 0.4) is 0 Å². The van der Waals surface area contributed by atoms with Crippen LogP contribution in [0, 0.1) is 5.92 Å². The summed E-state index contributed by atoms with van der Waals surface area (Å²) in [5, 5.41) is 5.06. The summed E-state index contributed by atoms with van der Waals surface area (Å²) in [5.74, 6) is 0.326. The second kappa shape index (κ2) is 13.4. The lowest BCUT2D eigenvalue weighted by atomic mass is 9.82. The number of fused-ring (bicyclic) bond motifs is 6. The molecule has 2 heterocycles. The van der Waals surface area contributed by atoms with E-state index in [2.05, 4.69) is 209 Å². The Morgan fingerprint density at radius 1 is 0.429 bits per heavy atom. The lowest BCUT2D eigenvalue weighted by Crippen LogP contribution is -2.10. The van der Waals surface area contributed by atoms with Gasteiger partial charge in [0.25, 0.3) is 0 Å². The first kappa shape index (κ1) is 32.5. The Morgan fingerprint density at radius 2 is 1.00 bits per heavy atom. The predicted molar refractivity (Wildman–Crippen MR) is 238 cm³/mol. The zero-order valence-electron chi connectivity index (χ0n) is 31.1. The van der Waals surface area contributed by atoms with Crippen LogP contribution in [0.1, 0.15) is 24.8 Å². The molecule has 1 atom stereocenters. The van der Waals surface area contributed by atoms with Crippen LogP contribution in [-0.2, 0) is 0 Å². The van der Waals surface area contributed by atoms with Crippen molar-refractivity contribution in [1.82, 2.24) is 9.13 Å². The van der Waals surface area contributed by atoms with Crippen LogP contribution in [0.4, 0.5) is 0 Å². The van der Waals surface area contributed by atoms with Gasteiger partial charge in [-0.1, -0.05) is 146 Å². The minimum absolute atomic E-state index is 0.326. The lowest BCUT2D eigenvalue weighted by molar-refractivity contribution is 0.780. The molecule has 0 saturated heterocycles. The minimum Gasteiger partial charge on any atom is -0.310 e. The molecule has 0 fully saturated rings. The topological polar surface area (TPSA) is 9.86 Å². The average molecular weight is 717 g/mol. The molecule has 56 heavy (non-hydrogen) atoms. The SMILES string of the molecule is C1=CC(C2C=C(n3c4ccccc4c4cc(-c5ccc6c(c5)c5ccccc5n6-c5cccc(-c6ccccc6)c5)ccc43)C=C(c3ccccc3)C2)=CCC1. The third kappa shape index (κ3) is 5.48. The Bertz CT molecular complexity index is 3090. The van der Waals surface area contributed by atoms with Gasteiger partial charge in [-0.25, -0.2) is 0 Å². The predicted octanol–water partition coefficient (Wildman–Crippen LogP) is 14.4. The molecule has 0 saturated carbocycles. The number of aromatic nitrogens is 2. The van der Waals surface area contributed by atoms with Crippen LogP contribution in [-0.4, -0.2) is 9.13 Å². The molecule has 1 unspecified atom stereocenters. The fourth-order valence-corrected chi connectivity index (χ4v) is 9.22. The smallest absolute Gasteiger partial charge is 0.0541 e. The van der Waals surface area contributed by atoms with Crippen molar-refractivity contribution in [2.45, 2.75) is 19.3 Å². The Morgan fingerprint density at radius 3 is 1.68 bits per heavy atom. The average Bonchev–Trinajstić information content (AvgIpc) is 3.79. The van der Waals surface area contributed by atoms with Crippen LogP contribution in [0.25, 0.3) is 82.8 Å². The molecule has 2 aromatic heterocycles. The Balaban J connectivity index is 1.05. The van der Waals surface area contributed by atoms with E-state index < -0.39 is 0 Å². The molecule has 0 N–H and O–H groups in total. The maximum atomic E-state index is 2.51. The summed E-state index contributed by atoms with van der Waals surface area (Å²) < 4.78 is 4.91. The number of rotatable bonds is 6. The van der Waals surface area contributed by atoms with E-state index >= 15 is 0 Å². The number of benzene rings is 7. The summed E-state index contributed by atoms with van der Waals surface area (Å²) in [6.07, 6.45) is 15.3. The van der Waals surface area contributed by atoms with Gasteiger partial charge in [0.2, 0.25) is 0 Å². The van der Waals surface area contributed by atoms with Gasteiger partial charge in [-0.15, -0.1) is 0 Å². The summed E-state index contributed by atoms with van der Waals surface area (Å²) in [5.41, 5.74) is 16.3. The van der Waals surface area contributed by atoms with Crippen molar-refractivity contribution in [2.24, 2.45) is 5.92 Å². The molecule has 0 aliphatic heterocycles. The molecule has 11 rings (SSSR count). The maximum Gasteiger partial charge on any atom is 0.0541 e. The van der Waals surface area contributed by atoms with Crippen LogP contribution in [0.2, 0.25) is 0 Å². The molecule has 0 bridgehead atoms. The first-order valence-corrected chi connectivity index (χ1v) is 19.8. The van der Waals surface area contributed by atoms with Gasteiger partial charge in [0.1, 0.15) is 0 Å². The summed E-state index contributed by atoms with van der Waals surface area (Å²) in [6, 6.07) is 62.3. The summed E-state index contributed by atoms with van der Waals surface area (Å²) in [6.45, 7) is 0. The highest BCUT2D eigenvalue weighted by molar-refractivity contribution is 6.13. The van der Waals surface area contributed by atoms with Gasteiger partial charge in [-0.05, 0) is 113 Å². The van der Waals surface area contributed by atoms with Crippen molar-refractivity contribution >= 4 is 54.9 Å². The van der Waals surface area contributed by atoms with E-state index in [1.165, 1.54) is 94.0 Å². The van der Waals surface area contributed by atoms with Gasteiger partial charge in [-0.2, -0.15) is 0 Å². The van der Waals surface area contributed by atoms with Crippen LogP contribution < -0.4 is 0 Å². The zero-order chi connectivity index (χ0) is 37.0. The Labute approximate surface area is 327 Å². The van der Waals surface area contributed by atoms with Crippen LogP contribution >= 0.6 is 0 Å². The molecule has 2 nitrogen and oxygen atoms in total. The fraction of sp³-hybridized carbons (Fsp3) is 0.0741. The summed E-state index contributed by atoms with van der Waals surface area (Å²) in [7, 11) is 0. The minimum atomic E-state index is 0.326. The second-order valence-corrected chi connectivity index (χ2v) is 15.2. The van der Waals surface area contributed by atoms with E-state index in [0.717, 1.165) is 19.3 Å². The molecule has 7 aromatic carbocycles. The fourth-order valence-electron chi connectivity index (χ4n) is 9.22. The molecule has 2 aliphatic carbocycles. The van der Waals surface area contributed by atoms with Crippen molar-refractivity contribution in [3.63, 3.8) is 0 Å². The van der Waals surface area contributed by atoms with E-state index in [0.29, 0.717) is 5.92 Å². The van der Waals surface area contributed by atoms with Crippen molar-refractivity contribution in [3.05, 3.63) is 211 Å². The molecule has 9 aromatic rings. The molecule has 0 spiro atoms. The van der Waals surface area contributed by atoms with Crippen LogP contribution in [0.15, 0.2) is 206 Å². The standard InChI is InChI=1S/C54H40N2/c1-4-15-37(16-5-1)40-21-14-22-45(32-40)55-51-25-12-10-23-47(51)49-35-41(27-29-53(49)55)42-28-30-54-50(36-42)48-24-11-13-26-52(48)56(54)46-33-43(38-17-6-2-7-18-38)31-44(34-46)39-19-8-3-9-20-39/h1-2,4-8,10-30,32-36,44H,3,9,31H2. The monoisotopic (exact) mass is 716 g/mol. The van der Waals surface area contributed by atoms with E-state index in [1.807, 2.05) is 0 Å². The molecule has 2 heteroatoms. The second-order valence-electron chi connectivity index (χ2n) is 15.2. The Hall–Kier alpha value is -6.90. The number of allylic oxidation sites excluding steroid dienone is 8. The molecule has 2 aliphatic rings. The van der Waals surface area contributed by atoms with Gasteiger partial charge in [0, 0.05) is 38.8 Å². The molecular formula is C54H40N2. The zero-order valence-corrected chi connectivity index (χ0v) is 31.1. The van der Waals surface area contributed by atoms with E-state index in [-0.39, 0.29) is 0 Å². The first-order valence-electron chi connectivity index (χ1n) is 19.8. The summed E-state index contributed by atoms with van der Waals surface area (Å²) >= 11 is 0. The largest absolute Gasteiger partial charge is 0.310 e. The maximum absolute atomic E-state index is 2.51. The Kier molecular flexibility index (Phi) is 7.81. The highest BCUT2D eigenvalue weighted by Crippen LogP contribution is 2.42. The number of hydrogen-bond donors (Lipinski definition) is 0. The third-order valence-electron chi connectivity index (χ3n) is 11.9. The quantitative estimate of drug-likeness (QED) is 0.162. The number of para-hydroxylation sites is 2. The highest BCUT2D eigenvalue weighted by Gasteiger charge is 2.23. The van der Waals surface area contributed by atoms with Gasteiger partial charge in [0.05, 0.1) is 22.1 Å². The van der Waals surface area contributed by atoms with Gasteiger partial charge >= 0.3 is 0 Å². The van der Waals surface area contributed by atoms with E-state index in [1.54, 1.807) is 0 Å². The van der Waals surface area contributed by atoms with Crippen molar-refractivity contribution < 1.29 is 0 Å². The van der Waals surface area contributed by atoms with Crippen molar-refractivity contribution in [2.75, 3.05) is 0 Å². The van der Waals surface area contributed by atoms with Crippen molar-refractivity contribution in [3.8, 4) is 27.9 Å². The molecule has 0 amide bonds. The molecule has 0 radical (unpaired) electrons. The first-order chi connectivity index (χ1) is 27.8.